The van der Waals surface area contributed by atoms with Gasteiger partial charge >= 0.3 is 0 Å². The molecule has 4 heteroatoms. The Morgan fingerprint density at radius 2 is 2.50 bits per heavy atom. The fourth-order valence-electron chi connectivity index (χ4n) is 1.23. The molecule has 12 heavy (non-hydrogen) atoms. The summed E-state index contributed by atoms with van der Waals surface area (Å²) >= 11 is 0. The molecule has 0 spiro atoms. The maximum Gasteiger partial charge on any atom is 0.235 e. The van der Waals surface area contributed by atoms with E-state index in [-0.39, 0.29) is 5.78 Å². The van der Waals surface area contributed by atoms with E-state index in [9.17, 15) is 9.59 Å². The van der Waals surface area contributed by atoms with Crippen LogP contribution < -0.4 is 5.32 Å². The van der Waals surface area contributed by atoms with Gasteiger partial charge in [-0.2, -0.15) is 0 Å². The molecule has 1 aliphatic rings. The van der Waals surface area contributed by atoms with Crippen LogP contribution in [0.2, 0.25) is 0 Å². The van der Waals surface area contributed by atoms with Crippen LogP contribution in [0.3, 0.4) is 0 Å². The van der Waals surface area contributed by atoms with E-state index in [2.05, 4.69) is 5.32 Å². The number of hydrogen-bond acceptors (Lipinski definition) is 4. The molecule has 0 saturated carbocycles. The fraction of sp³-hybridized carbons (Fsp3) is 0.750. The standard InChI is InChI=1S/C8H13NO3/c1-2-3-7(11)8(6-10)9-4-5-12-8/h6,9H,2-5H2,1H3. The molecule has 68 valence electrons. The van der Waals surface area contributed by atoms with Gasteiger partial charge in [0, 0.05) is 13.0 Å². The van der Waals surface area contributed by atoms with Crippen LogP contribution in [-0.4, -0.2) is 30.9 Å². The van der Waals surface area contributed by atoms with Gasteiger partial charge in [0.1, 0.15) is 0 Å². The van der Waals surface area contributed by atoms with Crippen LogP contribution >= 0.6 is 0 Å². The second-order valence-electron chi connectivity index (χ2n) is 2.80. The van der Waals surface area contributed by atoms with Gasteiger partial charge in [0.25, 0.3) is 0 Å². The zero-order valence-corrected chi connectivity index (χ0v) is 7.13. The van der Waals surface area contributed by atoms with E-state index in [0.717, 1.165) is 6.42 Å². The van der Waals surface area contributed by atoms with Gasteiger partial charge in [-0.25, -0.2) is 0 Å². The van der Waals surface area contributed by atoms with Crippen molar-refractivity contribution in [3.63, 3.8) is 0 Å². The van der Waals surface area contributed by atoms with Gasteiger partial charge in [-0.05, 0) is 6.42 Å². The average molecular weight is 171 g/mol. The van der Waals surface area contributed by atoms with Crippen molar-refractivity contribution in [3.05, 3.63) is 0 Å². The minimum atomic E-state index is -1.32. The minimum absolute atomic E-state index is 0.169. The molecule has 0 aromatic heterocycles. The Morgan fingerprint density at radius 3 is 2.92 bits per heavy atom. The zero-order valence-electron chi connectivity index (χ0n) is 7.13. The van der Waals surface area contributed by atoms with Gasteiger partial charge in [0.2, 0.25) is 5.72 Å². The van der Waals surface area contributed by atoms with Crippen LogP contribution in [0.1, 0.15) is 19.8 Å². The first-order valence-electron chi connectivity index (χ1n) is 4.14. The van der Waals surface area contributed by atoms with Crippen LogP contribution in [0.25, 0.3) is 0 Å². The topological polar surface area (TPSA) is 55.4 Å². The van der Waals surface area contributed by atoms with Crippen LogP contribution in [0.15, 0.2) is 0 Å². The molecule has 0 radical (unpaired) electrons. The third-order valence-electron chi connectivity index (χ3n) is 1.88. The Bertz CT molecular complexity index is 185. The molecule has 0 bridgehead atoms. The van der Waals surface area contributed by atoms with Gasteiger partial charge < -0.3 is 4.74 Å². The quantitative estimate of drug-likeness (QED) is 0.473. The molecule has 0 aliphatic carbocycles. The van der Waals surface area contributed by atoms with Crippen molar-refractivity contribution in [1.29, 1.82) is 0 Å². The molecule has 1 N–H and O–H groups in total. The summed E-state index contributed by atoms with van der Waals surface area (Å²) < 4.78 is 5.08. The lowest BCUT2D eigenvalue weighted by Gasteiger charge is -2.19. The Labute approximate surface area is 71.3 Å². The first-order valence-corrected chi connectivity index (χ1v) is 4.14. The largest absolute Gasteiger partial charge is 0.346 e. The number of hydrogen-bond donors (Lipinski definition) is 1. The van der Waals surface area contributed by atoms with Crippen LogP contribution in [-0.2, 0) is 14.3 Å². The van der Waals surface area contributed by atoms with Gasteiger partial charge in [-0.3, -0.25) is 14.9 Å². The predicted octanol–water partition coefficient (Wildman–Crippen LogP) is -0.129. The third-order valence-corrected chi connectivity index (χ3v) is 1.88. The lowest BCUT2D eigenvalue weighted by molar-refractivity contribution is -0.147. The minimum Gasteiger partial charge on any atom is -0.346 e. The summed E-state index contributed by atoms with van der Waals surface area (Å²) in [6, 6.07) is 0. The molecule has 1 fully saturated rings. The van der Waals surface area contributed by atoms with Gasteiger partial charge in [-0.1, -0.05) is 6.92 Å². The molecule has 1 heterocycles. The summed E-state index contributed by atoms with van der Waals surface area (Å²) in [5, 5.41) is 2.76. The summed E-state index contributed by atoms with van der Waals surface area (Å²) in [7, 11) is 0. The number of ether oxygens (including phenoxy) is 1. The van der Waals surface area contributed by atoms with Crippen LogP contribution in [0, 0.1) is 0 Å². The van der Waals surface area contributed by atoms with Crippen molar-refractivity contribution < 1.29 is 14.3 Å². The molecular formula is C8H13NO3. The highest BCUT2D eigenvalue weighted by molar-refractivity contribution is 6.01. The summed E-state index contributed by atoms with van der Waals surface area (Å²) in [5.74, 6) is -0.169. The van der Waals surface area contributed by atoms with Crippen molar-refractivity contribution in [2.24, 2.45) is 0 Å². The molecular weight excluding hydrogens is 158 g/mol. The van der Waals surface area contributed by atoms with Crippen molar-refractivity contribution in [1.82, 2.24) is 5.32 Å². The van der Waals surface area contributed by atoms with Crippen molar-refractivity contribution >= 4 is 12.1 Å². The normalized spacial score (nSPS) is 28.8. The summed E-state index contributed by atoms with van der Waals surface area (Å²) in [5.41, 5.74) is -1.32. The van der Waals surface area contributed by atoms with E-state index in [0.29, 0.717) is 25.9 Å². The van der Waals surface area contributed by atoms with Gasteiger partial charge in [0.15, 0.2) is 12.1 Å². The number of carbonyl (C=O) groups is 2. The van der Waals surface area contributed by atoms with E-state index >= 15 is 0 Å². The van der Waals surface area contributed by atoms with Crippen LogP contribution in [0.5, 0.6) is 0 Å². The lowest BCUT2D eigenvalue weighted by Crippen LogP contribution is -2.50. The summed E-state index contributed by atoms with van der Waals surface area (Å²) in [6.45, 7) is 2.88. The lowest BCUT2D eigenvalue weighted by atomic mass is 10.1. The number of carbonyl (C=O) groups excluding carboxylic acids is 2. The molecule has 1 unspecified atom stereocenters. The Kier molecular flexibility index (Phi) is 2.94. The number of Topliss-reactive ketones (excluding diaryl/α,β-unsaturated/α-hetero) is 1. The van der Waals surface area contributed by atoms with Crippen LogP contribution in [0.4, 0.5) is 0 Å². The first-order chi connectivity index (χ1) is 5.75. The van der Waals surface area contributed by atoms with E-state index in [1.165, 1.54) is 0 Å². The fourth-order valence-corrected chi connectivity index (χ4v) is 1.23. The SMILES string of the molecule is CCCC(=O)C1(C=O)NCCO1. The summed E-state index contributed by atoms with van der Waals surface area (Å²) in [6.07, 6.45) is 1.67. The van der Waals surface area contributed by atoms with Gasteiger partial charge in [0.05, 0.1) is 6.61 Å². The van der Waals surface area contributed by atoms with Crippen molar-refractivity contribution in [3.8, 4) is 0 Å². The molecule has 1 rings (SSSR count). The highest BCUT2D eigenvalue weighted by atomic mass is 16.5. The second kappa shape index (κ2) is 3.78. The molecule has 0 aromatic rings. The number of rotatable bonds is 4. The molecule has 4 nitrogen and oxygen atoms in total. The highest BCUT2D eigenvalue weighted by Gasteiger charge is 2.41. The maximum absolute atomic E-state index is 11.4. The van der Waals surface area contributed by atoms with E-state index in [1.54, 1.807) is 0 Å². The smallest absolute Gasteiger partial charge is 0.235 e. The molecule has 0 amide bonds. The predicted molar refractivity (Wildman–Crippen MR) is 42.7 cm³/mol. The first kappa shape index (κ1) is 9.35. The summed E-state index contributed by atoms with van der Waals surface area (Å²) in [4.78, 5) is 22.0. The second-order valence-corrected chi connectivity index (χ2v) is 2.80. The Morgan fingerprint density at radius 1 is 1.75 bits per heavy atom. The number of ketones is 1. The van der Waals surface area contributed by atoms with Crippen molar-refractivity contribution in [2.75, 3.05) is 13.2 Å². The molecule has 1 aliphatic heterocycles. The monoisotopic (exact) mass is 171 g/mol. The highest BCUT2D eigenvalue weighted by Crippen LogP contribution is 2.13. The van der Waals surface area contributed by atoms with E-state index < -0.39 is 5.72 Å². The van der Waals surface area contributed by atoms with Crippen molar-refractivity contribution in [2.45, 2.75) is 25.5 Å². The van der Waals surface area contributed by atoms with E-state index in [4.69, 9.17) is 4.74 Å². The van der Waals surface area contributed by atoms with Gasteiger partial charge in [-0.15, -0.1) is 0 Å². The maximum atomic E-state index is 11.4. The Hall–Kier alpha value is -0.740. The molecule has 1 saturated heterocycles. The van der Waals surface area contributed by atoms with E-state index in [1.807, 2.05) is 6.92 Å². The number of nitrogens with one attached hydrogen (secondary N) is 1. The third kappa shape index (κ3) is 1.54. The zero-order chi connectivity index (χ0) is 9.03. The average Bonchev–Trinajstić information content (AvgIpc) is 2.54. The number of aldehydes is 1. The molecule has 0 aromatic carbocycles. The molecule has 1 atom stereocenters. The Balaban J connectivity index is 2.65.